The van der Waals surface area contributed by atoms with E-state index in [-0.39, 0.29) is 5.41 Å². The van der Waals surface area contributed by atoms with Gasteiger partial charge in [-0.1, -0.05) is 25.0 Å². The lowest BCUT2D eigenvalue weighted by atomic mass is 9.76. The molecule has 1 aromatic carbocycles. The zero-order chi connectivity index (χ0) is 14.7. The Morgan fingerprint density at radius 2 is 2.24 bits per heavy atom. The Labute approximate surface area is 127 Å². The second-order valence-electron chi connectivity index (χ2n) is 6.93. The van der Waals surface area contributed by atoms with Crippen LogP contribution in [0.15, 0.2) is 24.3 Å². The van der Waals surface area contributed by atoms with Crippen LogP contribution in [0.5, 0.6) is 0 Å². The Kier molecular flexibility index (Phi) is 4.28. The summed E-state index contributed by atoms with van der Waals surface area (Å²) in [6.07, 6.45) is 6.23. The number of rotatable bonds is 5. The third-order valence-corrected chi connectivity index (χ3v) is 4.96. The molecule has 1 N–H and O–H groups in total. The Balaban J connectivity index is 1.66. The number of hydrogen-bond donors (Lipinski definition) is 1. The summed E-state index contributed by atoms with van der Waals surface area (Å²) < 4.78 is 0. The summed E-state index contributed by atoms with van der Waals surface area (Å²) in [6, 6.07) is 10.1. The molecule has 21 heavy (non-hydrogen) atoms. The minimum atomic E-state index is 0.117. The van der Waals surface area contributed by atoms with Gasteiger partial charge < -0.3 is 5.11 Å². The second-order valence-corrected chi connectivity index (χ2v) is 6.93. The van der Waals surface area contributed by atoms with Crippen molar-refractivity contribution >= 4 is 0 Å². The zero-order valence-electron chi connectivity index (χ0n) is 12.6. The van der Waals surface area contributed by atoms with E-state index in [0.29, 0.717) is 6.61 Å². The first-order chi connectivity index (χ1) is 10.2. The number of likely N-dealkylation sites (tertiary alicyclic amines) is 1. The topological polar surface area (TPSA) is 47.3 Å². The van der Waals surface area contributed by atoms with Crippen molar-refractivity contribution in [2.45, 2.75) is 38.6 Å². The number of nitriles is 1. The predicted octanol–water partition coefficient (Wildman–Crippen LogP) is 2.93. The number of aliphatic hydroxyl groups excluding tert-OH is 1. The van der Waals surface area contributed by atoms with E-state index in [1.165, 1.54) is 31.2 Å². The van der Waals surface area contributed by atoms with Gasteiger partial charge in [0.25, 0.3) is 0 Å². The van der Waals surface area contributed by atoms with Crippen LogP contribution < -0.4 is 0 Å². The molecule has 0 spiro atoms. The van der Waals surface area contributed by atoms with Gasteiger partial charge in [0.15, 0.2) is 0 Å². The van der Waals surface area contributed by atoms with Gasteiger partial charge in [-0.3, -0.25) is 4.90 Å². The highest BCUT2D eigenvalue weighted by Crippen LogP contribution is 2.44. The van der Waals surface area contributed by atoms with Crippen LogP contribution >= 0.6 is 0 Å². The molecule has 0 radical (unpaired) electrons. The first-order valence-electron chi connectivity index (χ1n) is 8.05. The summed E-state index contributed by atoms with van der Waals surface area (Å²) in [7, 11) is 0. The molecule has 1 aliphatic heterocycles. The highest BCUT2D eigenvalue weighted by molar-refractivity contribution is 5.32. The molecule has 1 aliphatic carbocycles. The molecule has 1 unspecified atom stereocenters. The van der Waals surface area contributed by atoms with Gasteiger partial charge in [-0.2, -0.15) is 5.26 Å². The van der Waals surface area contributed by atoms with Crippen molar-refractivity contribution in [2.75, 3.05) is 19.7 Å². The number of nitrogens with zero attached hydrogens (tertiary/aromatic N) is 2. The SMILES string of the molecule is N#Cc1cccc(CN2CCCC(CO)(CC3CC3)C2)c1. The van der Waals surface area contributed by atoms with Crippen molar-refractivity contribution in [3.05, 3.63) is 35.4 Å². The van der Waals surface area contributed by atoms with E-state index < -0.39 is 0 Å². The van der Waals surface area contributed by atoms with Crippen LogP contribution in [0.2, 0.25) is 0 Å². The third-order valence-electron chi connectivity index (χ3n) is 4.96. The molecule has 2 aliphatic rings. The van der Waals surface area contributed by atoms with E-state index in [1.807, 2.05) is 18.2 Å². The number of hydrogen-bond acceptors (Lipinski definition) is 3. The van der Waals surface area contributed by atoms with Crippen molar-refractivity contribution in [2.24, 2.45) is 11.3 Å². The molecule has 1 saturated carbocycles. The van der Waals surface area contributed by atoms with Crippen molar-refractivity contribution < 1.29 is 5.11 Å². The van der Waals surface area contributed by atoms with Crippen LogP contribution in [0.4, 0.5) is 0 Å². The molecule has 2 fully saturated rings. The molecule has 0 amide bonds. The van der Waals surface area contributed by atoms with Crippen molar-refractivity contribution in [1.29, 1.82) is 5.26 Å². The average Bonchev–Trinajstić information content (AvgIpc) is 3.31. The summed E-state index contributed by atoms with van der Waals surface area (Å²) in [5, 5.41) is 18.9. The number of aliphatic hydroxyl groups is 1. The minimum absolute atomic E-state index is 0.117. The monoisotopic (exact) mass is 284 g/mol. The van der Waals surface area contributed by atoms with Crippen LogP contribution in [0.3, 0.4) is 0 Å². The Hall–Kier alpha value is -1.37. The van der Waals surface area contributed by atoms with Gasteiger partial charge >= 0.3 is 0 Å². The van der Waals surface area contributed by atoms with Crippen LogP contribution in [-0.4, -0.2) is 29.7 Å². The van der Waals surface area contributed by atoms with E-state index in [2.05, 4.69) is 17.0 Å². The summed E-state index contributed by atoms with van der Waals surface area (Å²) in [5.74, 6) is 0.860. The largest absolute Gasteiger partial charge is 0.396 e. The molecule has 3 nitrogen and oxygen atoms in total. The standard InChI is InChI=1S/C18H24N2O/c19-11-16-3-1-4-17(9-16)12-20-8-2-7-18(13-20,14-21)10-15-5-6-15/h1,3-4,9,15,21H,2,5-8,10,12-14H2. The van der Waals surface area contributed by atoms with Crippen molar-refractivity contribution in [1.82, 2.24) is 4.90 Å². The van der Waals surface area contributed by atoms with Gasteiger partial charge in [-0.15, -0.1) is 0 Å². The Morgan fingerprint density at radius 3 is 2.95 bits per heavy atom. The zero-order valence-corrected chi connectivity index (χ0v) is 12.6. The van der Waals surface area contributed by atoms with E-state index in [0.717, 1.165) is 37.5 Å². The number of piperidine rings is 1. The molecule has 3 rings (SSSR count). The van der Waals surface area contributed by atoms with Gasteiger partial charge in [0.2, 0.25) is 0 Å². The van der Waals surface area contributed by atoms with Gasteiger partial charge in [0.05, 0.1) is 11.6 Å². The highest BCUT2D eigenvalue weighted by atomic mass is 16.3. The molecule has 1 atom stereocenters. The smallest absolute Gasteiger partial charge is 0.0991 e. The first kappa shape index (κ1) is 14.6. The van der Waals surface area contributed by atoms with Crippen LogP contribution in [-0.2, 0) is 6.54 Å². The van der Waals surface area contributed by atoms with E-state index in [4.69, 9.17) is 5.26 Å². The van der Waals surface area contributed by atoms with Gasteiger partial charge in [-0.25, -0.2) is 0 Å². The molecule has 1 aromatic rings. The molecular formula is C18H24N2O. The Morgan fingerprint density at radius 1 is 1.38 bits per heavy atom. The lowest BCUT2D eigenvalue weighted by Crippen LogP contribution is -2.45. The summed E-state index contributed by atoms with van der Waals surface area (Å²) in [4.78, 5) is 2.46. The summed E-state index contributed by atoms with van der Waals surface area (Å²) >= 11 is 0. The van der Waals surface area contributed by atoms with Crippen molar-refractivity contribution in [3.8, 4) is 6.07 Å². The molecule has 0 aromatic heterocycles. The Bertz CT molecular complexity index is 532. The van der Waals surface area contributed by atoms with Gasteiger partial charge in [0.1, 0.15) is 0 Å². The number of benzene rings is 1. The maximum absolute atomic E-state index is 9.91. The molecular weight excluding hydrogens is 260 g/mol. The van der Waals surface area contributed by atoms with Gasteiger partial charge in [-0.05, 0) is 49.4 Å². The van der Waals surface area contributed by atoms with Gasteiger partial charge in [0, 0.05) is 25.1 Å². The molecule has 0 bridgehead atoms. The molecule has 112 valence electrons. The fourth-order valence-corrected chi connectivity index (χ4v) is 3.74. The molecule has 3 heteroatoms. The van der Waals surface area contributed by atoms with Crippen LogP contribution in [0.25, 0.3) is 0 Å². The van der Waals surface area contributed by atoms with Crippen LogP contribution in [0, 0.1) is 22.7 Å². The second kappa shape index (κ2) is 6.17. The molecule has 1 saturated heterocycles. The van der Waals surface area contributed by atoms with E-state index in [1.54, 1.807) is 0 Å². The fraction of sp³-hybridized carbons (Fsp3) is 0.611. The maximum atomic E-state index is 9.91. The average molecular weight is 284 g/mol. The first-order valence-corrected chi connectivity index (χ1v) is 8.05. The van der Waals surface area contributed by atoms with E-state index >= 15 is 0 Å². The summed E-state index contributed by atoms with van der Waals surface area (Å²) in [6.45, 7) is 3.31. The van der Waals surface area contributed by atoms with Crippen LogP contribution in [0.1, 0.15) is 43.2 Å². The quantitative estimate of drug-likeness (QED) is 0.904. The normalized spacial score (nSPS) is 26.5. The third kappa shape index (κ3) is 3.64. The highest BCUT2D eigenvalue weighted by Gasteiger charge is 2.39. The summed E-state index contributed by atoms with van der Waals surface area (Å²) in [5.41, 5.74) is 2.05. The lowest BCUT2D eigenvalue weighted by molar-refractivity contribution is 0.0180. The van der Waals surface area contributed by atoms with Crippen molar-refractivity contribution in [3.63, 3.8) is 0 Å². The lowest BCUT2D eigenvalue weighted by Gasteiger charge is -2.42. The van der Waals surface area contributed by atoms with E-state index in [9.17, 15) is 5.11 Å². The predicted molar refractivity (Wildman–Crippen MR) is 82.5 cm³/mol. The minimum Gasteiger partial charge on any atom is -0.396 e. The fourth-order valence-electron chi connectivity index (χ4n) is 3.74. The maximum Gasteiger partial charge on any atom is 0.0991 e. The molecule has 1 heterocycles.